The smallest absolute Gasteiger partial charge is 0.341 e. The average molecular weight is 343 g/mol. The molecule has 0 saturated carbocycles. The summed E-state index contributed by atoms with van der Waals surface area (Å²) in [6, 6.07) is 14.8. The Morgan fingerprint density at radius 1 is 1.16 bits per heavy atom. The second kappa shape index (κ2) is 9.46. The molecule has 0 saturated heterocycles. The van der Waals surface area contributed by atoms with Crippen LogP contribution in [0.15, 0.2) is 54.8 Å². The van der Waals surface area contributed by atoms with E-state index in [0.717, 1.165) is 11.1 Å². The normalized spacial score (nSPS) is 11.1. The molecule has 132 valence electrons. The molecule has 0 bridgehead atoms. The van der Waals surface area contributed by atoms with Gasteiger partial charge in [-0.05, 0) is 28.8 Å². The lowest BCUT2D eigenvalue weighted by molar-refractivity contribution is -0.133. The first-order valence-electron chi connectivity index (χ1n) is 7.67. The number of carbonyl (C=O) groups is 1. The van der Waals surface area contributed by atoms with Crippen LogP contribution in [0.4, 0.5) is 0 Å². The summed E-state index contributed by atoms with van der Waals surface area (Å²) in [7, 11) is 2.80. The summed E-state index contributed by atoms with van der Waals surface area (Å²) < 4.78 is 15.7. The van der Waals surface area contributed by atoms with Gasteiger partial charge in [0.1, 0.15) is 17.9 Å². The van der Waals surface area contributed by atoms with E-state index in [4.69, 9.17) is 19.4 Å². The Balaban J connectivity index is 2.22. The number of rotatable bonds is 8. The molecule has 2 rings (SSSR count). The van der Waals surface area contributed by atoms with Crippen molar-refractivity contribution in [2.45, 2.75) is 13.2 Å². The van der Waals surface area contributed by atoms with Gasteiger partial charge in [0.2, 0.25) is 0 Å². The average Bonchev–Trinajstić information content (AvgIpc) is 2.65. The fourth-order valence-corrected chi connectivity index (χ4v) is 2.36. The van der Waals surface area contributed by atoms with Gasteiger partial charge in [0.05, 0.1) is 20.5 Å². The van der Waals surface area contributed by atoms with Gasteiger partial charge in [-0.15, -0.1) is 0 Å². The highest BCUT2D eigenvalue weighted by molar-refractivity contribution is 6.16. The highest BCUT2D eigenvalue weighted by Crippen LogP contribution is 2.23. The van der Waals surface area contributed by atoms with Gasteiger partial charge >= 0.3 is 5.97 Å². The van der Waals surface area contributed by atoms with Crippen LogP contribution in [-0.4, -0.2) is 25.4 Å². The lowest BCUT2D eigenvalue weighted by atomic mass is 10.0. The summed E-state index contributed by atoms with van der Waals surface area (Å²) in [4.78, 5) is 12.0. The zero-order valence-electron chi connectivity index (χ0n) is 14.2. The number of esters is 1. The van der Waals surface area contributed by atoms with Crippen LogP contribution < -0.4 is 10.2 Å². The monoisotopic (exact) mass is 343 g/mol. The van der Waals surface area contributed by atoms with Gasteiger partial charge in [-0.1, -0.05) is 36.4 Å². The van der Waals surface area contributed by atoms with Crippen molar-refractivity contribution in [2.75, 3.05) is 14.2 Å². The van der Waals surface area contributed by atoms with Crippen molar-refractivity contribution in [2.24, 2.45) is 0 Å². The Labute approximate surface area is 146 Å². The molecule has 0 aliphatic rings. The molecular weight excluding hydrogens is 322 g/mol. The van der Waals surface area contributed by atoms with Gasteiger partial charge in [-0.2, -0.15) is 0 Å². The highest BCUT2D eigenvalue weighted by Gasteiger charge is 2.16. The molecule has 6 nitrogen and oxygen atoms in total. The molecular formula is C19H21NO5. The topological polar surface area (TPSA) is 77.0 Å². The van der Waals surface area contributed by atoms with Crippen molar-refractivity contribution in [1.82, 2.24) is 5.48 Å². The van der Waals surface area contributed by atoms with Gasteiger partial charge in [-0.25, -0.2) is 10.3 Å². The lowest BCUT2D eigenvalue weighted by Gasteiger charge is -2.13. The van der Waals surface area contributed by atoms with E-state index in [0.29, 0.717) is 23.4 Å². The van der Waals surface area contributed by atoms with E-state index in [1.165, 1.54) is 20.5 Å². The summed E-state index contributed by atoms with van der Waals surface area (Å²) in [6.45, 7) is 0.598. The molecule has 0 spiro atoms. The van der Waals surface area contributed by atoms with Crippen LogP contribution in [0.5, 0.6) is 5.75 Å². The molecule has 0 atom stereocenters. The van der Waals surface area contributed by atoms with Crippen molar-refractivity contribution in [3.8, 4) is 5.75 Å². The Morgan fingerprint density at radius 3 is 2.68 bits per heavy atom. The number of nitrogens with one attached hydrogen (secondary N) is 1. The van der Waals surface area contributed by atoms with E-state index in [-0.39, 0.29) is 6.61 Å². The molecule has 6 heteroatoms. The van der Waals surface area contributed by atoms with Crippen molar-refractivity contribution >= 4 is 11.5 Å². The third-order valence-electron chi connectivity index (χ3n) is 3.52. The van der Waals surface area contributed by atoms with Gasteiger partial charge in [0.15, 0.2) is 0 Å². The van der Waals surface area contributed by atoms with E-state index in [2.05, 4.69) is 5.48 Å². The summed E-state index contributed by atoms with van der Waals surface area (Å²) in [5.41, 5.74) is 4.83. The van der Waals surface area contributed by atoms with Crippen LogP contribution in [-0.2, 0) is 27.4 Å². The third-order valence-corrected chi connectivity index (χ3v) is 3.52. The number of ether oxygens (including phenoxy) is 3. The maximum atomic E-state index is 12.0. The minimum absolute atomic E-state index is 0.268. The summed E-state index contributed by atoms with van der Waals surface area (Å²) >= 11 is 0. The Morgan fingerprint density at radius 2 is 1.96 bits per heavy atom. The molecule has 25 heavy (non-hydrogen) atoms. The number of hydrogen-bond acceptors (Lipinski definition) is 6. The van der Waals surface area contributed by atoms with Crippen molar-refractivity contribution in [1.29, 1.82) is 0 Å². The van der Waals surface area contributed by atoms with E-state index >= 15 is 0 Å². The van der Waals surface area contributed by atoms with E-state index < -0.39 is 5.97 Å². The minimum Gasteiger partial charge on any atom is -0.503 e. The second-order valence-electron chi connectivity index (χ2n) is 5.19. The van der Waals surface area contributed by atoms with Gasteiger partial charge in [0.25, 0.3) is 0 Å². The molecule has 2 N–H and O–H groups in total. The standard InChI is InChI=1S/C19H21NO5/c1-23-13-18(19(21)24-2)17-9-4-3-7-15(17)12-25-16-8-5-6-14(10-16)11-20-22/h3-10,13,20,22H,11-12H2,1-2H3/b18-13-. The van der Waals surface area contributed by atoms with E-state index in [9.17, 15) is 4.79 Å². The number of hydroxylamine groups is 1. The molecule has 0 unspecified atom stereocenters. The zero-order chi connectivity index (χ0) is 18.1. The van der Waals surface area contributed by atoms with Crippen LogP contribution >= 0.6 is 0 Å². The molecule has 0 amide bonds. The maximum absolute atomic E-state index is 12.0. The van der Waals surface area contributed by atoms with Crippen LogP contribution in [0, 0.1) is 0 Å². The first-order valence-corrected chi connectivity index (χ1v) is 7.67. The Bertz CT molecular complexity index is 742. The number of hydrogen-bond donors (Lipinski definition) is 2. The first-order chi connectivity index (χ1) is 12.2. The Hall–Kier alpha value is -2.83. The molecule has 0 aliphatic carbocycles. The quantitative estimate of drug-likeness (QED) is 0.332. The largest absolute Gasteiger partial charge is 0.503 e. The third kappa shape index (κ3) is 5.07. The van der Waals surface area contributed by atoms with Crippen LogP contribution in [0.25, 0.3) is 5.57 Å². The molecule has 2 aromatic carbocycles. The van der Waals surface area contributed by atoms with Crippen LogP contribution in [0.2, 0.25) is 0 Å². The zero-order valence-corrected chi connectivity index (χ0v) is 14.2. The van der Waals surface area contributed by atoms with Gasteiger partial charge in [-0.3, -0.25) is 0 Å². The van der Waals surface area contributed by atoms with Crippen molar-refractivity contribution in [3.63, 3.8) is 0 Å². The van der Waals surface area contributed by atoms with Crippen LogP contribution in [0.3, 0.4) is 0 Å². The molecule has 0 aliphatic heterocycles. The number of methoxy groups -OCH3 is 2. The summed E-state index contributed by atoms with van der Waals surface area (Å²) in [5, 5.41) is 8.79. The molecule has 0 radical (unpaired) electrons. The van der Waals surface area contributed by atoms with E-state index in [1.54, 1.807) is 0 Å². The number of benzene rings is 2. The van der Waals surface area contributed by atoms with E-state index in [1.807, 2.05) is 48.5 Å². The summed E-state index contributed by atoms with van der Waals surface area (Å²) in [5.74, 6) is 0.184. The predicted molar refractivity (Wildman–Crippen MR) is 92.8 cm³/mol. The van der Waals surface area contributed by atoms with Crippen molar-refractivity contribution < 1.29 is 24.2 Å². The molecule has 2 aromatic rings. The van der Waals surface area contributed by atoms with Crippen LogP contribution in [0.1, 0.15) is 16.7 Å². The van der Waals surface area contributed by atoms with Gasteiger partial charge < -0.3 is 19.4 Å². The SMILES string of the molecule is CO/C=C(\C(=O)OC)c1ccccc1COc1cccc(CNO)c1. The summed E-state index contributed by atoms with van der Waals surface area (Å²) in [6.07, 6.45) is 1.36. The second-order valence-corrected chi connectivity index (χ2v) is 5.19. The fourth-order valence-electron chi connectivity index (χ4n) is 2.36. The Kier molecular flexibility index (Phi) is 7.00. The fraction of sp³-hybridized carbons (Fsp3) is 0.211. The predicted octanol–water partition coefficient (Wildman–Crippen LogP) is 2.90. The number of carbonyl (C=O) groups excluding carboxylic acids is 1. The molecule has 0 aromatic heterocycles. The molecule has 0 fully saturated rings. The first kappa shape index (κ1) is 18.5. The minimum atomic E-state index is -0.481. The lowest BCUT2D eigenvalue weighted by Crippen LogP contribution is -2.08. The van der Waals surface area contributed by atoms with Crippen molar-refractivity contribution in [3.05, 3.63) is 71.5 Å². The maximum Gasteiger partial charge on any atom is 0.341 e. The molecule has 0 heterocycles. The van der Waals surface area contributed by atoms with Gasteiger partial charge in [0, 0.05) is 6.54 Å². The highest BCUT2D eigenvalue weighted by atomic mass is 16.5.